The molecule has 0 bridgehead atoms. The summed E-state index contributed by atoms with van der Waals surface area (Å²) in [7, 11) is 3.38. The van der Waals surface area contributed by atoms with E-state index in [1.54, 1.807) is 38.4 Å². The third kappa shape index (κ3) is 4.84. The zero-order chi connectivity index (χ0) is 21.8. The number of methoxy groups -OCH3 is 1. The van der Waals surface area contributed by atoms with Crippen LogP contribution in [0.1, 0.15) is 0 Å². The maximum atomic E-state index is 12.5. The molecule has 3 aromatic carbocycles. The number of para-hydroxylation sites is 1. The molecule has 0 saturated carbocycles. The Kier molecular flexibility index (Phi) is 5.86. The first-order valence-electron chi connectivity index (χ1n) is 9.98. The van der Waals surface area contributed by atoms with Crippen LogP contribution in [0.25, 0.3) is 21.9 Å². The van der Waals surface area contributed by atoms with Crippen LogP contribution in [0.15, 0.2) is 71.1 Å². The molecule has 0 radical (unpaired) electrons. The number of quaternary nitrogens is 1. The van der Waals surface area contributed by atoms with E-state index < -0.39 is 0 Å². The number of hydrogen-bond donors (Lipinski definition) is 3. The first kappa shape index (κ1) is 20.4. The molecule has 1 atom stereocenters. The molecular weight excluding hydrogens is 394 g/mol. The van der Waals surface area contributed by atoms with Gasteiger partial charge in [0.05, 0.1) is 14.2 Å². The van der Waals surface area contributed by atoms with Crippen LogP contribution in [-0.4, -0.2) is 39.1 Å². The lowest BCUT2D eigenvalue weighted by molar-refractivity contribution is -0.862. The molecule has 2 amide bonds. The van der Waals surface area contributed by atoms with Gasteiger partial charge < -0.3 is 24.7 Å². The van der Waals surface area contributed by atoms with E-state index in [2.05, 4.69) is 10.6 Å². The number of carbonyl (C=O) groups is 2. The van der Waals surface area contributed by atoms with Crippen LogP contribution in [0.5, 0.6) is 5.75 Å². The van der Waals surface area contributed by atoms with Crippen molar-refractivity contribution in [2.24, 2.45) is 0 Å². The van der Waals surface area contributed by atoms with Crippen molar-refractivity contribution in [3.05, 3.63) is 66.7 Å². The van der Waals surface area contributed by atoms with E-state index in [9.17, 15) is 9.59 Å². The van der Waals surface area contributed by atoms with Gasteiger partial charge in [0.2, 0.25) is 0 Å². The van der Waals surface area contributed by atoms with Gasteiger partial charge in [0.1, 0.15) is 16.9 Å². The zero-order valence-electron chi connectivity index (χ0n) is 17.4. The topological polar surface area (TPSA) is 85.0 Å². The van der Waals surface area contributed by atoms with Crippen LogP contribution >= 0.6 is 0 Å². The van der Waals surface area contributed by atoms with Gasteiger partial charge in [0.25, 0.3) is 11.8 Å². The summed E-state index contributed by atoms with van der Waals surface area (Å²) in [4.78, 5) is 25.5. The Bertz CT molecular complexity index is 1250. The highest BCUT2D eigenvalue weighted by Crippen LogP contribution is 2.30. The number of furan rings is 1. The minimum absolute atomic E-state index is 0.162. The normalized spacial score (nSPS) is 11.9. The molecule has 0 fully saturated rings. The molecule has 3 N–H and O–H groups in total. The molecule has 0 aliphatic rings. The summed E-state index contributed by atoms with van der Waals surface area (Å²) < 4.78 is 11.0. The standard InChI is InChI=1S/C24H23N3O4/c1-27(14-23(28)25-16-6-5-7-18(12-16)30-2)15-24(29)26-17-10-11-22-20(13-17)19-8-3-4-9-21(19)31-22/h3-13H,14-15H2,1-2H3,(H,25,28)(H,26,29)/p+1. The van der Waals surface area contributed by atoms with Crippen molar-refractivity contribution in [2.45, 2.75) is 0 Å². The van der Waals surface area contributed by atoms with Crippen LogP contribution in [0.3, 0.4) is 0 Å². The Balaban J connectivity index is 1.34. The van der Waals surface area contributed by atoms with E-state index in [-0.39, 0.29) is 24.9 Å². The Morgan fingerprint density at radius 2 is 1.52 bits per heavy atom. The second-order valence-electron chi connectivity index (χ2n) is 7.45. The van der Waals surface area contributed by atoms with E-state index >= 15 is 0 Å². The SMILES string of the molecule is COc1cccc(NC(=O)C[NH+](C)CC(=O)Nc2ccc3oc4ccccc4c3c2)c1. The summed E-state index contributed by atoms with van der Waals surface area (Å²) in [5.74, 6) is 0.323. The van der Waals surface area contributed by atoms with E-state index in [0.29, 0.717) is 17.1 Å². The third-order valence-corrected chi connectivity index (χ3v) is 4.94. The van der Waals surface area contributed by atoms with Gasteiger partial charge in [-0.05, 0) is 36.4 Å². The number of hydrogen-bond acceptors (Lipinski definition) is 4. The average Bonchev–Trinajstić information content (AvgIpc) is 3.11. The monoisotopic (exact) mass is 418 g/mol. The van der Waals surface area contributed by atoms with E-state index in [1.807, 2.05) is 42.5 Å². The van der Waals surface area contributed by atoms with Crippen LogP contribution in [0.2, 0.25) is 0 Å². The molecule has 0 aliphatic heterocycles. The Hall–Kier alpha value is -3.84. The van der Waals surface area contributed by atoms with E-state index in [4.69, 9.17) is 9.15 Å². The fraction of sp³-hybridized carbons (Fsp3) is 0.167. The Labute approximate surface area is 179 Å². The van der Waals surface area contributed by atoms with Gasteiger partial charge in [-0.1, -0.05) is 24.3 Å². The summed E-state index contributed by atoms with van der Waals surface area (Å²) in [6.45, 7) is 0.325. The fourth-order valence-electron chi connectivity index (χ4n) is 3.53. The number of benzene rings is 3. The average molecular weight is 418 g/mol. The van der Waals surface area contributed by atoms with Gasteiger partial charge in [-0.3, -0.25) is 9.59 Å². The smallest absolute Gasteiger partial charge is 0.279 e. The van der Waals surface area contributed by atoms with Gasteiger partial charge in [-0.25, -0.2) is 0 Å². The summed E-state index contributed by atoms with van der Waals surface area (Å²) in [6.07, 6.45) is 0. The van der Waals surface area contributed by atoms with Gasteiger partial charge in [0, 0.05) is 28.2 Å². The molecule has 7 heteroatoms. The predicted molar refractivity (Wildman–Crippen MR) is 121 cm³/mol. The molecule has 0 aliphatic carbocycles. The lowest BCUT2D eigenvalue weighted by atomic mass is 10.1. The molecule has 0 spiro atoms. The van der Waals surface area contributed by atoms with E-state index in [0.717, 1.165) is 26.8 Å². The maximum absolute atomic E-state index is 12.5. The number of likely N-dealkylation sites (N-methyl/N-ethyl adjacent to an activating group) is 1. The number of fused-ring (bicyclic) bond motifs is 3. The highest BCUT2D eigenvalue weighted by molar-refractivity contribution is 6.07. The second kappa shape index (κ2) is 8.89. The first-order valence-corrected chi connectivity index (χ1v) is 9.98. The maximum Gasteiger partial charge on any atom is 0.279 e. The second-order valence-corrected chi connectivity index (χ2v) is 7.45. The van der Waals surface area contributed by atoms with Crippen LogP contribution in [0.4, 0.5) is 11.4 Å². The molecule has 158 valence electrons. The van der Waals surface area contributed by atoms with Crippen molar-refractivity contribution in [1.29, 1.82) is 0 Å². The summed E-state index contributed by atoms with van der Waals surface area (Å²) in [5.41, 5.74) is 2.93. The first-order chi connectivity index (χ1) is 15.0. The van der Waals surface area contributed by atoms with Gasteiger partial charge in [0.15, 0.2) is 13.1 Å². The molecule has 1 heterocycles. The fourth-order valence-corrected chi connectivity index (χ4v) is 3.53. The summed E-state index contributed by atoms with van der Waals surface area (Å²) >= 11 is 0. The number of carbonyl (C=O) groups excluding carboxylic acids is 2. The minimum Gasteiger partial charge on any atom is -0.497 e. The predicted octanol–water partition coefficient (Wildman–Crippen LogP) is 2.69. The molecular formula is C24H24N3O4+. The molecule has 1 aromatic heterocycles. The molecule has 0 saturated heterocycles. The Morgan fingerprint density at radius 1 is 0.839 bits per heavy atom. The zero-order valence-corrected chi connectivity index (χ0v) is 17.4. The quantitative estimate of drug-likeness (QED) is 0.431. The van der Waals surface area contributed by atoms with Gasteiger partial charge >= 0.3 is 0 Å². The van der Waals surface area contributed by atoms with Crippen molar-refractivity contribution >= 4 is 45.1 Å². The number of amides is 2. The number of anilines is 2. The van der Waals surface area contributed by atoms with Crippen molar-refractivity contribution in [3.8, 4) is 5.75 Å². The third-order valence-electron chi connectivity index (χ3n) is 4.94. The van der Waals surface area contributed by atoms with Crippen LogP contribution in [-0.2, 0) is 9.59 Å². The number of rotatable bonds is 7. The minimum atomic E-state index is -0.176. The van der Waals surface area contributed by atoms with Gasteiger partial charge in [-0.15, -0.1) is 0 Å². The molecule has 7 nitrogen and oxygen atoms in total. The largest absolute Gasteiger partial charge is 0.497 e. The molecule has 1 unspecified atom stereocenters. The van der Waals surface area contributed by atoms with Crippen molar-refractivity contribution in [2.75, 3.05) is 37.9 Å². The van der Waals surface area contributed by atoms with Crippen molar-refractivity contribution in [3.63, 3.8) is 0 Å². The number of nitrogens with one attached hydrogen (secondary N) is 3. The Morgan fingerprint density at radius 3 is 2.26 bits per heavy atom. The summed E-state index contributed by atoms with van der Waals surface area (Å²) in [6, 6.07) is 20.5. The molecule has 4 aromatic rings. The molecule has 4 rings (SSSR count). The lowest BCUT2D eigenvalue weighted by Crippen LogP contribution is -3.11. The lowest BCUT2D eigenvalue weighted by Gasteiger charge is -2.14. The van der Waals surface area contributed by atoms with Crippen molar-refractivity contribution < 1.29 is 23.6 Å². The van der Waals surface area contributed by atoms with Crippen LogP contribution in [0, 0.1) is 0 Å². The van der Waals surface area contributed by atoms with Crippen molar-refractivity contribution in [1.82, 2.24) is 0 Å². The highest BCUT2D eigenvalue weighted by Gasteiger charge is 2.15. The number of ether oxygens (including phenoxy) is 1. The van der Waals surface area contributed by atoms with E-state index in [1.165, 1.54) is 0 Å². The highest BCUT2D eigenvalue weighted by atomic mass is 16.5. The van der Waals surface area contributed by atoms with Gasteiger partial charge in [-0.2, -0.15) is 0 Å². The van der Waals surface area contributed by atoms with Crippen LogP contribution < -0.4 is 20.3 Å². The molecule has 31 heavy (non-hydrogen) atoms. The summed E-state index contributed by atoms with van der Waals surface area (Å²) in [5, 5.41) is 7.69.